The van der Waals surface area contributed by atoms with E-state index in [-0.39, 0.29) is 40.8 Å². The maximum Gasteiger partial charge on any atom is 1.00 e. The summed E-state index contributed by atoms with van der Waals surface area (Å²) in [5, 5.41) is 13.7. The molecule has 1 saturated heterocycles. The second-order valence-corrected chi connectivity index (χ2v) is 3.24. The van der Waals surface area contributed by atoms with Gasteiger partial charge in [0.05, 0.1) is 19.2 Å². The summed E-state index contributed by atoms with van der Waals surface area (Å²) in [6.07, 6.45) is -0.721. The summed E-state index contributed by atoms with van der Waals surface area (Å²) in [7, 11) is 1.70. The molecule has 0 aliphatic carbocycles. The number of anilines is 1. The van der Waals surface area contributed by atoms with E-state index in [1.54, 1.807) is 13.1 Å². The van der Waals surface area contributed by atoms with Crippen LogP contribution in [0.5, 0.6) is 0 Å². The van der Waals surface area contributed by atoms with Crippen molar-refractivity contribution in [3.05, 3.63) is 23.4 Å². The molecular weight excluding hydrogens is 235 g/mol. The minimum atomic E-state index is -1.29. The first-order valence-corrected chi connectivity index (χ1v) is 4.85. The molecule has 1 fully saturated rings. The third kappa shape index (κ3) is 3.17. The van der Waals surface area contributed by atoms with Crippen LogP contribution in [0.2, 0.25) is 0 Å². The molecule has 1 aliphatic rings. The fourth-order valence-electron chi connectivity index (χ4n) is 1.48. The van der Waals surface area contributed by atoms with Crippen molar-refractivity contribution in [1.29, 1.82) is 0 Å². The molecule has 0 bridgehead atoms. The van der Waals surface area contributed by atoms with Gasteiger partial charge in [-0.25, -0.2) is 4.98 Å². The van der Waals surface area contributed by atoms with E-state index in [0.29, 0.717) is 19.0 Å². The molecule has 7 heteroatoms. The Morgan fingerprint density at radius 3 is 2.65 bits per heavy atom. The van der Waals surface area contributed by atoms with Crippen LogP contribution in [-0.4, -0.2) is 31.2 Å². The van der Waals surface area contributed by atoms with Crippen molar-refractivity contribution in [1.82, 2.24) is 4.98 Å². The SMILES string of the molecule is CNc1ccc(C(=O)[O-])c(C2OCCO2)n1.[Na+]. The molecule has 1 aromatic heterocycles. The number of aromatic nitrogens is 1. The number of carbonyl (C=O) groups excluding carboxylic acids is 1. The third-order valence-corrected chi connectivity index (χ3v) is 2.25. The van der Waals surface area contributed by atoms with Gasteiger partial charge in [-0.2, -0.15) is 0 Å². The van der Waals surface area contributed by atoms with Crippen LogP contribution in [0.1, 0.15) is 22.3 Å². The number of nitrogens with one attached hydrogen (secondary N) is 1. The van der Waals surface area contributed by atoms with Crippen molar-refractivity contribution < 1.29 is 48.9 Å². The van der Waals surface area contributed by atoms with Crippen molar-refractivity contribution in [2.24, 2.45) is 0 Å². The van der Waals surface area contributed by atoms with E-state index in [2.05, 4.69) is 10.3 Å². The summed E-state index contributed by atoms with van der Waals surface area (Å²) >= 11 is 0. The summed E-state index contributed by atoms with van der Waals surface area (Å²) < 4.78 is 10.5. The Morgan fingerprint density at radius 2 is 2.12 bits per heavy atom. The molecule has 86 valence electrons. The largest absolute Gasteiger partial charge is 1.00 e. The van der Waals surface area contributed by atoms with Crippen LogP contribution in [0.3, 0.4) is 0 Å². The van der Waals surface area contributed by atoms with Crippen LogP contribution in [0.25, 0.3) is 0 Å². The normalized spacial score (nSPS) is 15.4. The van der Waals surface area contributed by atoms with Crippen molar-refractivity contribution in [2.45, 2.75) is 6.29 Å². The van der Waals surface area contributed by atoms with Crippen LogP contribution in [0.4, 0.5) is 5.82 Å². The number of carboxylic acids is 1. The zero-order valence-electron chi connectivity index (χ0n) is 9.73. The molecule has 0 saturated carbocycles. The maximum atomic E-state index is 10.9. The average molecular weight is 246 g/mol. The smallest absolute Gasteiger partial charge is 0.545 e. The molecule has 2 heterocycles. The van der Waals surface area contributed by atoms with Crippen LogP contribution < -0.4 is 40.0 Å². The van der Waals surface area contributed by atoms with Crippen LogP contribution >= 0.6 is 0 Å². The van der Waals surface area contributed by atoms with Gasteiger partial charge < -0.3 is 24.7 Å². The topological polar surface area (TPSA) is 83.5 Å². The molecule has 0 amide bonds. The summed E-state index contributed by atoms with van der Waals surface area (Å²) in [6, 6.07) is 2.98. The van der Waals surface area contributed by atoms with Crippen molar-refractivity contribution in [3.8, 4) is 0 Å². The first-order chi connectivity index (χ1) is 7.72. The maximum absolute atomic E-state index is 10.9. The number of pyridine rings is 1. The second kappa shape index (κ2) is 6.32. The molecule has 17 heavy (non-hydrogen) atoms. The molecule has 1 aromatic rings. The van der Waals surface area contributed by atoms with E-state index >= 15 is 0 Å². The first-order valence-electron chi connectivity index (χ1n) is 4.85. The van der Waals surface area contributed by atoms with Gasteiger partial charge in [0.2, 0.25) is 6.29 Å². The van der Waals surface area contributed by atoms with E-state index in [0.717, 1.165) is 0 Å². The minimum absolute atomic E-state index is 0. The molecule has 0 aromatic carbocycles. The van der Waals surface area contributed by atoms with Crippen molar-refractivity contribution in [2.75, 3.05) is 25.6 Å². The van der Waals surface area contributed by atoms with Crippen LogP contribution in [0.15, 0.2) is 12.1 Å². The Kier molecular flexibility index (Phi) is 5.35. The zero-order chi connectivity index (χ0) is 11.5. The van der Waals surface area contributed by atoms with Crippen LogP contribution in [0, 0.1) is 0 Å². The van der Waals surface area contributed by atoms with Gasteiger partial charge in [0.1, 0.15) is 11.5 Å². The summed E-state index contributed by atoms with van der Waals surface area (Å²) in [5.74, 6) is -0.733. The second-order valence-electron chi connectivity index (χ2n) is 3.24. The van der Waals surface area contributed by atoms with Gasteiger partial charge in [-0.05, 0) is 12.1 Å². The van der Waals surface area contributed by atoms with Gasteiger partial charge in [-0.15, -0.1) is 0 Å². The fraction of sp³-hybridized carbons (Fsp3) is 0.400. The number of carboxylic acid groups (broad SMARTS) is 1. The molecule has 6 nitrogen and oxygen atoms in total. The molecular formula is C10H11N2NaO4. The summed E-state index contributed by atoms with van der Waals surface area (Å²) in [4.78, 5) is 15.0. The predicted molar refractivity (Wildman–Crippen MR) is 52.8 cm³/mol. The quantitative estimate of drug-likeness (QED) is 0.558. The standard InChI is InChI=1S/C10H12N2O4.Na/c1-11-7-3-2-6(9(13)14)8(12-7)10-15-4-5-16-10;/h2-3,10H,4-5H2,1H3,(H,11,12)(H,13,14);/q;+1/p-1. The molecule has 0 radical (unpaired) electrons. The molecule has 0 spiro atoms. The van der Waals surface area contributed by atoms with Crippen LogP contribution in [-0.2, 0) is 9.47 Å². The number of hydrogen-bond donors (Lipinski definition) is 1. The van der Waals surface area contributed by atoms with Gasteiger partial charge in [-0.3, -0.25) is 0 Å². The van der Waals surface area contributed by atoms with Gasteiger partial charge in [-0.1, -0.05) is 0 Å². The molecule has 2 rings (SSSR count). The van der Waals surface area contributed by atoms with E-state index < -0.39 is 12.3 Å². The zero-order valence-corrected chi connectivity index (χ0v) is 11.7. The van der Waals surface area contributed by atoms with Crippen molar-refractivity contribution >= 4 is 11.8 Å². The van der Waals surface area contributed by atoms with Gasteiger partial charge in [0, 0.05) is 12.6 Å². The number of nitrogens with zero attached hydrogens (tertiary/aromatic N) is 1. The Balaban J connectivity index is 0.00000144. The van der Waals surface area contributed by atoms with Gasteiger partial charge >= 0.3 is 29.6 Å². The Morgan fingerprint density at radius 1 is 1.47 bits per heavy atom. The molecule has 1 N–H and O–H groups in total. The molecule has 1 aliphatic heterocycles. The predicted octanol–water partition coefficient (Wildman–Crippen LogP) is -3.46. The number of rotatable bonds is 3. The average Bonchev–Trinajstić information content (AvgIpc) is 2.81. The first kappa shape index (κ1) is 14.4. The van der Waals surface area contributed by atoms with Crippen molar-refractivity contribution in [3.63, 3.8) is 0 Å². The summed E-state index contributed by atoms with van der Waals surface area (Å²) in [5.41, 5.74) is 0.232. The number of carbonyl (C=O) groups is 1. The Bertz CT molecular complexity index is 407. The minimum Gasteiger partial charge on any atom is -0.545 e. The fourth-order valence-corrected chi connectivity index (χ4v) is 1.48. The summed E-state index contributed by atoms with van der Waals surface area (Å²) in [6.45, 7) is 0.866. The van der Waals surface area contributed by atoms with E-state index in [1.807, 2.05) is 0 Å². The number of hydrogen-bond acceptors (Lipinski definition) is 6. The Labute approximate surface area is 121 Å². The van der Waals surface area contributed by atoms with E-state index in [1.165, 1.54) is 6.07 Å². The monoisotopic (exact) mass is 246 g/mol. The van der Waals surface area contributed by atoms with Gasteiger partial charge in [0.15, 0.2) is 0 Å². The van der Waals surface area contributed by atoms with E-state index in [4.69, 9.17) is 9.47 Å². The number of ether oxygens (including phenoxy) is 2. The Hall–Kier alpha value is -0.660. The van der Waals surface area contributed by atoms with E-state index in [9.17, 15) is 9.90 Å². The number of aromatic carboxylic acids is 1. The van der Waals surface area contributed by atoms with Gasteiger partial charge in [0.25, 0.3) is 0 Å². The molecule has 0 unspecified atom stereocenters. The molecule has 0 atom stereocenters. The third-order valence-electron chi connectivity index (χ3n) is 2.25.